The zero-order valence-corrected chi connectivity index (χ0v) is 11.0. The molecule has 0 bridgehead atoms. The second kappa shape index (κ2) is 4.42. The molecule has 1 atom stereocenters. The second-order valence-corrected chi connectivity index (χ2v) is 7.32. The Morgan fingerprint density at radius 2 is 1.94 bits per heavy atom. The quantitative estimate of drug-likeness (QED) is 0.828. The van der Waals surface area contributed by atoms with E-state index < -0.39 is 9.84 Å². The molecular formula is C13H18O3S. The summed E-state index contributed by atoms with van der Waals surface area (Å²) in [5.74, 6) is 0.158. The Morgan fingerprint density at radius 1 is 1.29 bits per heavy atom. The molecule has 0 N–H and O–H groups in total. The van der Waals surface area contributed by atoms with Crippen molar-refractivity contribution < 1.29 is 13.2 Å². The molecule has 4 heteroatoms. The van der Waals surface area contributed by atoms with Gasteiger partial charge in [0, 0.05) is 5.41 Å². The minimum absolute atomic E-state index is 0.0704. The van der Waals surface area contributed by atoms with Crippen LogP contribution in [-0.4, -0.2) is 26.9 Å². The van der Waals surface area contributed by atoms with E-state index in [-0.39, 0.29) is 17.3 Å². The van der Waals surface area contributed by atoms with E-state index in [0.29, 0.717) is 11.3 Å². The molecule has 0 spiro atoms. The van der Waals surface area contributed by atoms with Crippen molar-refractivity contribution >= 4 is 9.84 Å². The number of ether oxygens (including phenoxy) is 1. The number of rotatable bonds is 4. The summed E-state index contributed by atoms with van der Waals surface area (Å²) in [6, 6.07) is 8.59. The Hall–Kier alpha value is -0.870. The molecule has 1 aromatic carbocycles. The Kier molecular flexibility index (Phi) is 3.27. The monoisotopic (exact) mass is 254 g/mol. The fourth-order valence-corrected chi connectivity index (χ4v) is 3.35. The zero-order chi connectivity index (χ0) is 12.5. The van der Waals surface area contributed by atoms with Gasteiger partial charge < -0.3 is 4.74 Å². The third-order valence-corrected chi connectivity index (χ3v) is 5.04. The van der Waals surface area contributed by atoms with Crippen molar-refractivity contribution in [3.63, 3.8) is 0 Å². The molecule has 1 saturated heterocycles. The van der Waals surface area contributed by atoms with Crippen LogP contribution in [0.25, 0.3) is 0 Å². The fraction of sp³-hybridized carbons (Fsp3) is 0.538. The van der Waals surface area contributed by atoms with Gasteiger partial charge in [-0.05, 0) is 18.6 Å². The maximum absolute atomic E-state index is 12.0. The third kappa shape index (κ3) is 2.69. The zero-order valence-electron chi connectivity index (χ0n) is 10.2. The summed E-state index contributed by atoms with van der Waals surface area (Å²) < 4.78 is 29.5. The summed E-state index contributed by atoms with van der Waals surface area (Å²) in [5, 5.41) is 0. The Morgan fingerprint density at radius 3 is 2.41 bits per heavy atom. The first-order chi connectivity index (χ1) is 7.92. The lowest BCUT2D eigenvalue weighted by Gasteiger charge is -2.44. The number of benzene rings is 1. The number of hydrogen-bond acceptors (Lipinski definition) is 3. The molecule has 1 fully saturated rings. The number of hydrogen-bond donors (Lipinski definition) is 0. The standard InChI is InChI=1S/C13H18O3S/c1-13(2)10-16-12(13)8-9-17(14,15)11-6-4-3-5-7-11/h3-7,12H,8-10H2,1-2H3. The van der Waals surface area contributed by atoms with E-state index in [2.05, 4.69) is 13.8 Å². The first-order valence-electron chi connectivity index (χ1n) is 5.81. The molecule has 0 radical (unpaired) electrons. The maximum atomic E-state index is 12.0. The van der Waals surface area contributed by atoms with Gasteiger partial charge in [-0.1, -0.05) is 32.0 Å². The van der Waals surface area contributed by atoms with Gasteiger partial charge in [0.2, 0.25) is 0 Å². The van der Waals surface area contributed by atoms with Crippen molar-refractivity contribution in [3.05, 3.63) is 30.3 Å². The van der Waals surface area contributed by atoms with Gasteiger partial charge in [0.05, 0.1) is 23.4 Å². The van der Waals surface area contributed by atoms with Crippen LogP contribution in [0.5, 0.6) is 0 Å². The first kappa shape index (κ1) is 12.6. The average molecular weight is 254 g/mol. The lowest BCUT2D eigenvalue weighted by atomic mass is 9.81. The molecule has 0 aromatic heterocycles. The van der Waals surface area contributed by atoms with E-state index in [4.69, 9.17) is 4.74 Å². The Labute approximate surface area is 103 Å². The van der Waals surface area contributed by atoms with Crippen LogP contribution in [0.4, 0.5) is 0 Å². The van der Waals surface area contributed by atoms with E-state index in [0.717, 1.165) is 6.61 Å². The molecule has 1 aromatic rings. The molecule has 0 amide bonds. The van der Waals surface area contributed by atoms with Crippen molar-refractivity contribution in [1.82, 2.24) is 0 Å². The van der Waals surface area contributed by atoms with Gasteiger partial charge in [0.15, 0.2) is 9.84 Å². The summed E-state index contributed by atoms with van der Waals surface area (Å²) >= 11 is 0. The topological polar surface area (TPSA) is 43.4 Å². The van der Waals surface area contributed by atoms with E-state index in [9.17, 15) is 8.42 Å². The molecule has 0 aliphatic carbocycles. The van der Waals surface area contributed by atoms with Crippen LogP contribution < -0.4 is 0 Å². The van der Waals surface area contributed by atoms with Crippen LogP contribution in [0.1, 0.15) is 20.3 Å². The van der Waals surface area contributed by atoms with Crippen LogP contribution in [0.2, 0.25) is 0 Å². The van der Waals surface area contributed by atoms with Crippen LogP contribution in [0.3, 0.4) is 0 Å². The highest BCUT2D eigenvalue weighted by molar-refractivity contribution is 7.91. The van der Waals surface area contributed by atoms with Crippen molar-refractivity contribution in [3.8, 4) is 0 Å². The maximum Gasteiger partial charge on any atom is 0.178 e. The van der Waals surface area contributed by atoms with E-state index in [1.54, 1.807) is 24.3 Å². The highest BCUT2D eigenvalue weighted by Crippen LogP contribution is 2.36. The molecule has 94 valence electrons. The molecular weight excluding hydrogens is 236 g/mol. The smallest absolute Gasteiger partial charge is 0.178 e. The van der Waals surface area contributed by atoms with Gasteiger partial charge in [-0.2, -0.15) is 0 Å². The third-order valence-electron chi connectivity index (χ3n) is 3.28. The summed E-state index contributed by atoms with van der Waals surface area (Å²) in [6.07, 6.45) is 0.644. The Bertz CT molecular complexity index is 477. The summed E-state index contributed by atoms with van der Waals surface area (Å²) in [6.45, 7) is 4.94. The predicted molar refractivity (Wildman–Crippen MR) is 66.6 cm³/mol. The van der Waals surface area contributed by atoms with Crippen LogP contribution in [0.15, 0.2) is 35.2 Å². The average Bonchev–Trinajstić information content (AvgIpc) is 2.29. The van der Waals surface area contributed by atoms with Gasteiger partial charge in [-0.3, -0.25) is 0 Å². The van der Waals surface area contributed by atoms with Crippen LogP contribution >= 0.6 is 0 Å². The van der Waals surface area contributed by atoms with Crippen LogP contribution in [0, 0.1) is 5.41 Å². The summed E-state index contributed by atoms with van der Waals surface area (Å²) in [4.78, 5) is 0.400. The van der Waals surface area contributed by atoms with Gasteiger partial charge in [0.25, 0.3) is 0 Å². The summed E-state index contributed by atoms with van der Waals surface area (Å²) in [7, 11) is -3.16. The molecule has 1 heterocycles. The normalized spacial score (nSPS) is 23.1. The van der Waals surface area contributed by atoms with Crippen molar-refractivity contribution in [2.75, 3.05) is 12.4 Å². The van der Waals surface area contributed by atoms with Crippen molar-refractivity contribution in [2.45, 2.75) is 31.3 Å². The fourth-order valence-electron chi connectivity index (χ4n) is 2.02. The van der Waals surface area contributed by atoms with Gasteiger partial charge in [-0.15, -0.1) is 0 Å². The SMILES string of the molecule is CC1(C)COC1CCS(=O)(=O)c1ccccc1. The lowest BCUT2D eigenvalue weighted by Crippen LogP contribution is -2.48. The molecule has 2 rings (SSSR count). The van der Waals surface area contributed by atoms with E-state index >= 15 is 0 Å². The first-order valence-corrected chi connectivity index (χ1v) is 7.46. The van der Waals surface area contributed by atoms with E-state index in [1.165, 1.54) is 0 Å². The van der Waals surface area contributed by atoms with Crippen molar-refractivity contribution in [2.24, 2.45) is 5.41 Å². The minimum atomic E-state index is -3.16. The molecule has 1 aliphatic heterocycles. The lowest BCUT2D eigenvalue weighted by molar-refractivity contribution is -0.167. The molecule has 0 saturated carbocycles. The van der Waals surface area contributed by atoms with Crippen molar-refractivity contribution in [1.29, 1.82) is 0 Å². The van der Waals surface area contributed by atoms with Gasteiger partial charge in [0.1, 0.15) is 0 Å². The second-order valence-electron chi connectivity index (χ2n) is 5.21. The van der Waals surface area contributed by atoms with Gasteiger partial charge >= 0.3 is 0 Å². The minimum Gasteiger partial charge on any atom is -0.377 e. The van der Waals surface area contributed by atoms with Gasteiger partial charge in [-0.25, -0.2) is 8.42 Å². The number of sulfone groups is 1. The predicted octanol–water partition coefficient (Wildman–Crippen LogP) is 2.28. The summed E-state index contributed by atoms with van der Waals surface area (Å²) in [5.41, 5.74) is 0.117. The van der Waals surface area contributed by atoms with E-state index in [1.807, 2.05) is 6.07 Å². The molecule has 3 nitrogen and oxygen atoms in total. The molecule has 1 unspecified atom stereocenters. The highest BCUT2D eigenvalue weighted by Gasteiger charge is 2.40. The largest absolute Gasteiger partial charge is 0.377 e. The Balaban J connectivity index is 2.00. The highest BCUT2D eigenvalue weighted by atomic mass is 32.2. The molecule has 17 heavy (non-hydrogen) atoms. The molecule has 1 aliphatic rings. The van der Waals surface area contributed by atoms with Crippen LogP contribution in [-0.2, 0) is 14.6 Å².